The Balaban J connectivity index is 2.37. The third-order valence-electron chi connectivity index (χ3n) is 19.0. The maximum atomic E-state index is 15.3. The summed E-state index contributed by atoms with van der Waals surface area (Å²) >= 11 is 0. The average molecular weight is 1390 g/mol. The molecule has 1 saturated heterocycles. The van der Waals surface area contributed by atoms with Gasteiger partial charge in [0, 0.05) is 69.0 Å². The molecule has 11 amide bonds. The highest BCUT2D eigenvalue weighted by Gasteiger charge is 2.47. The summed E-state index contributed by atoms with van der Waals surface area (Å²) in [6.07, 6.45) is -2.33. The van der Waals surface area contributed by atoms with Gasteiger partial charge in [-0.2, -0.15) is 13.2 Å². The predicted octanol–water partition coefficient (Wildman–Crippen LogP) is 3.37. The first-order valence-electron chi connectivity index (χ1n) is 34.4. The van der Waals surface area contributed by atoms with E-state index in [9.17, 15) is 42.3 Å². The summed E-state index contributed by atoms with van der Waals surface area (Å²) < 4.78 is 42.8. The van der Waals surface area contributed by atoms with Crippen LogP contribution in [0.1, 0.15) is 161 Å². The van der Waals surface area contributed by atoms with Crippen LogP contribution in [0.5, 0.6) is 0 Å². The smallest absolute Gasteiger partial charge is 0.390 e. The molecule has 3 heterocycles. The number of alkyl halides is 3. The molecular weight excluding hydrogens is 1280 g/mol. The lowest BCUT2D eigenvalue weighted by Crippen LogP contribution is -2.64. The van der Waals surface area contributed by atoms with Gasteiger partial charge in [0.05, 0.1) is 12.6 Å². The number of halogens is 3. The number of amides is 11. The van der Waals surface area contributed by atoms with E-state index in [0.29, 0.717) is 0 Å². The molecule has 27 nitrogen and oxygen atoms in total. The van der Waals surface area contributed by atoms with Crippen molar-refractivity contribution in [2.75, 3.05) is 62.4 Å². The third kappa shape index (κ3) is 21.4. The Labute approximate surface area is 578 Å². The van der Waals surface area contributed by atoms with Crippen molar-refractivity contribution >= 4 is 65.0 Å². The van der Waals surface area contributed by atoms with Gasteiger partial charge >= 0.3 is 6.18 Å². The number of aliphatic hydroxyl groups excluding tert-OH is 1. The number of carbonyl (C=O) groups excluding carboxylic acids is 11. The SMILES string of the molecule is C/C=C/C[C@@H](C)[C@@H](O)[C@H]1C(=O)N[C@@H](CC)C(=O)N(C)[C@H](C)C(=O)N(C)[C@@H]([C@H](C)CN2CCn3c(nnc3C(F)(F)F)C2)C(=O)NC(C(C)C)C(=O)N(C)[C@@H](CC(C)C)C(=O)N[C@@H](C)C(=O)N[C@H](C)C(=O)N(C)[C@@H](CC(C)C)C(=O)N(C)[C@@H](CC(C)C)C(=O)N(C)C(C(C)C)C(=O)N1C. The minimum atomic E-state index is -4.78. The Morgan fingerprint density at radius 3 is 1.50 bits per heavy atom. The molecule has 556 valence electrons. The van der Waals surface area contributed by atoms with Gasteiger partial charge < -0.3 is 65.2 Å². The molecule has 0 saturated carbocycles. The van der Waals surface area contributed by atoms with Gasteiger partial charge in [-0.25, -0.2) is 0 Å². The minimum absolute atomic E-state index is 0.0122. The van der Waals surface area contributed by atoms with Crippen molar-refractivity contribution in [1.29, 1.82) is 0 Å². The summed E-state index contributed by atoms with van der Waals surface area (Å²) in [5.74, 6) is -12.9. The zero-order valence-electron chi connectivity index (χ0n) is 62.5. The van der Waals surface area contributed by atoms with Gasteiger partial charge in [0.2, 0.25) is 70.8 Å². The molecule has 0 aliphatic carbocycles. The Bertz CT molecular complexity index is 2980. The summed E-state index contributed by atoms with van der Waals surface area (Å²) in [6, 6.07) is -14.8. The number of nitrogens with one attached hydrogen (secondary N) is 4. The molecule has 98 heavy (non-hydrogen) atoms. The number of fused-ring (bicyclic) bond motifs is 1. The second-order valence-corrected chi connectivity index (χ2v) is 29.1. The molecule has 2 unspecified atom stereocenters. The quantitative estimate of drug-likeness (QED) is 0.148. The third-order valence-corrected chi connectivity index (χ3v) is 19.0. The molecule has 1 aromatic rings. The van der Waals surface area contributed by atoms with Gasteiger partial charge in [-0.1, -0.05) is 102 Å². The standard InChI is InChI=1S/C68H116F3N15O12/c1-25-27-28-41(13)55(87)54-59(91)74-46(26-2)62(94)78(18)45(17)61(93)83(23)53(42(14)34-85-29-30-86-50(35-85)76-77-67(86)68(69,70)71)58(90)75-51(39(9)10)65(97)79(19)47(31-36(3)4)57(89)72-43(15)56(88)73-44(16)60(92)80(20)48(32-37(5)6)63(95)81(21)49(33-38(7)8)64(96)82(22)52(40(11)12)66(98)84(54)24/h25,27,36-49,51-55,87H,26,28-35H2,1-24H3,(H,72,89)(H,73,88)(H,74,91)(H,75,90)/b27-25+/t41-,42-,43+,44-,45-,46+,47+,48+,49+,51?,52?,53+,54+,55-/m1/s1. The first kappa shape index (κ1) is 85.0. The molecule has 2 aliphatic heterocycles. The van der Waals surface area contributed by atoms with Crippen LogP contribution in [0.2, 0.25) is 0 Å². The van der Waals surface area contributed by atoms with Crippen LogP contribution in [-0.2, 0) is 72.0 Å². The number of hydrogen-bond acceptors (Lipinski definition) is 15. The van der Waals surface area contributed by atoms with Crippen molar-refractivity contribution in [3.8, 4) is 0 Å². The fraction of sp³-hybridized carbons (Fsp3) is 0.779. The van der Waals surface area contributed by atoms with Crippen molar-refractivity contribution in [1.82, 2.24) is 75.2 Å². The van der Waals surface area contributed by atoms with E-state index in [0.717, 1.165) is 19.3 Å². The van der Waals surface area contributed by atoms with E-state index < -0.39 is 173 Å². The molecule has 2 aliphatic rings. The highest BCUT2D eigenvalue weighted by Crippen LogP contribution is 2.31. The van der Waals surface area contributed by atoms with E-state index in [4.69, 9.17) is 0 Å². The van der Waals surface area contributed by atoms with E-state index in [1.165, 1.54) is 89.7 Å². The molecule has 0 radical (unpaired) electrons. The van der Waals surface area contributed by atoms with Gasteiger partial charge in [0.1, 0.15) is 72.3 Å². The predicted molar refractivity (Wildman–Crippen MR) is 363 cm³/mol. The first-order valence-corrected chi connectivity index (χ1v) is 34.4. The van der Waals surface area contributed by atoms with Crippen molar-refractivity contribution in [3.63, 3.8) is 0 Å². The van der Waals surface area contributed by atoms with Crippen molar-refractivity contribution in [2.24, 2.45) is 41.4 Å². The lowest BCUT2D eigenvalue weighted by molar-refractivity contribution is -0.157. The second-order valence-electron chi connectivity index (χ2n) is 29.1. The topological polar surface area (TPSA) is 313 Å². The van der Waals surface area contributed by atoms with Gasteiger partial charge in [-0.15, -0.1) is 10.2 Å². The number of likely N-dealkylation sites (N-methyl/N-ethyl adjacent to an activating group) is 7. The van der Waals surface area contributed by atoms with Crippen LogP contribution in [0, 0.1) is 41.4 Å². The number of hydrogen-bond donors (Lipinski definition) is 5. The van der Waals surface area contributed by atoms with Crippen molar-refractivity contribution in [2.45, 2.75) is 242 Å². The molecule has 14 atom stereocenters. The molecule has 0 spiro atoms. The summed E-state index contributed by atoms with van der Waals surface area (Å²) in [5.41, 5.74) is 0. The molecular formula is C68H116F3N15O12. The van der Waals surface area contributed by atoms with Crippen LogP contribution in [0.25, 0.3) is 0 Å². The number of nitrogens with zero attached hydrogens (tertiary/aromatic N) is 11. The number of rotatable bonds is 16. The summed E-state index contributed by atoms with van der Waals surface area (Å²) in [6.45, 7) is 28.4. The second kappa shape index (κ2) is 36.7. The van der Waals surface area contributed by atoms with E-state index in [1.807, 2.05) is 41.5 Å². The van der Waals surface area contributed by atoms with E-state index in [-0.39, 0.29) is 81.9 Å². The molecule has 3 rings (SSSR count). The summed E-state index contributed by atoms with van der Waals surface area (Å²) in [5, 5.41) is 30.4. The minimum Gasteiger partial charge on any atom is -0.390 e. The lowest BCUT2D eigenvalue weighted by Gasteiger charge is -2.41. The largest absolute Gasteiger partial charge is 0.451 e. The summed E-state index contributed by atoms with van der Waals surface area (Å²) in [4.78, 5) is 174. The van der Waals surface area contributed by atoms with Gasteiger partial charge in [-0.3, -0.25) is 57.6 Å². The van der Waals surface area contributed by atoms with E-state index >= 15 is 28.8 Å². The van der Waals surface area contributed by atoms with Crippen LogP contribution >= 0.6 is 0 Å². The maximum Gasteiger partial charge on any atom is 0.451 e. The number of aromatic nitrogens is 3. The molecule has 30 heteroatoms. The molecule has 1 aromatic heterocycles. The van der Waals surface area contributed by atoms with Gasteiger partial charge in [0.25, 0.3) is 0 Å². The molecule has 0 bridgehead atoms. The fourth-order valence-corrected chi connectivity index (χ4v) is 12.9. The Morgan fingerprint density at radius 2 is 1.00 bits per heavy atom. The van der Waals surface area contributed by atoms with E-state index in [1.54, 1.807) is 72.4 Å². The molecule has 0 aromatic carbocycles. The lowest BCUT2D eigenvalue weighted by atomic mass is 9.91. The Hall–Kier alpha value is -7.24. The van der Waals surface area contributed by atoms with Gasteiger partial charge in [-0.05, 0) is 101 Å². The van der Waals surface area contributed by atoms with Crippen LogP contribution < -0.4 is 21.3 Å². The maximum absolute atomic E-state index is 15.3. The first-order chi connectivity index (χ1) is 45.3. The zero-order chi connectivity index (χ0) is 75.2. The van der Waals surface area contributed by atoms with Crippen LogP contribution in [0.3, 0.4) is 0 Å². The van der Waals surface area contributed by atoms with Gasteiger partial charge in [0.15, 0.2) is 0 Å². The molecule has 1 fully saturated rings. The highest BCUT2D eigenvalue weighted by atomic mass is 19.4. The van der Waals surface area contributed by atoms with Crippen LogP contribution in [0.4, 0.5) is 13.2 Å². The van der Waals surface area contributed by atoms with Crippen molar-refractivity contribution in [3.05, 3.63) is 23.8 Å². The fourth-order valence-electron chi connectivity index (χ4n) is 12.9. The average Bonchev–Trinajstić information content (AvgIpc) is 1.52. The van der Waals surface area contributed by atoms with Crippen LogP contribution in [0.15, 0.2) is 12.2 Å². The Morgan fingerprint density at radius 1 is 0.520 bits per heavy atom. The molecule has 5 N–H and O–H groups in total. The zero-order valence-corrected chi connectivity index (χ0v) is 62.5. The monoisotopic (exact) mass is 1390 g/mol. The number of allylic oxidation sites excluding steroid dienone is 2. The normalized spacial score (nSPS) is 27.1. The number of carbonyl (C=O) groups is 11. The van der Waals surface area contributed by atoms with Crippen molar-refractivity contribution < 1.29 is 71.0 Å². The highest BCUT2D eigenvalue weighted by molar-refractivity contribution is 6.00. The van der Waals surface area contributed by atoms with E-state index in [2.05, 4.69) is 31.5 Å². The Kier molecular flexibility index (Phi) is 31.8. The van der Waals surface area contributed by atoms with Crippen LogP contribution in [-0.4, -0.2) is 259 Å². The summed E-state index contributed by atoms with van der Waals surface area (Å²) in [7, 11) is 9.60. The number of aliphatic hydroxyl groups is 1.